The van der Waals surface area contributed by atoms with Gasteiger partial charge in [0.1, 0.15) is 11.7 Å². The number of rotatable bonds is 5. The van der Waals surface area contributed by atoms with Crippen molar-refractivity contribution in [3.63, 3.8) is 0 Å². The molecule has 4 heterocycles. The lowest BCUT2D eigenvalue weighted by Crippen LogP contribution is -2.83. The summed E-state index contributed by atoms with van der Waals surface area (Å²) in [5.41, 5.74) is -3.35. The molecule has 4 aliphatic heterocycles. The highest BCUT2D eigenvalue weighted by Crippen LogP contribution is 2.71. The van der Waals surface area contributed by atoms with Gasteiger partial charge in [0.15, 0.2) is 34.9 Å². The number of benzene rings is 2. The van der Waals surface area contributed by atoms with Gasteiger partial charge >= 0.3 is 0 Å². The Bertz CT molecular complexity index is 1850. The number of piperidine rings is 2. The van der Waals surface area contributed by atoms with Crippen LogP contribution in [0.1, 0.15) is 54.4 Å². The fraction of sp³-hybridized carbons (Fsp3) is 0.553. The van der Waals surface area contributed by atoms with E-state index in [0.717, 1.165) is 22.3 Å². The average Bonchev–Trinajstić information content (AvgIpc) is 3.61. The monoisotopic (exact) mass is 654 g/mol. The maximum Gasteiger partial charge on any atom is 0.180 e. The standard InChI is InChI=1S/C38H42N2O8/c1-3-13-39-16-12-35-28-21-6-8-24(42)31(28)48-33(35)36(44,9-10-37(35,45)25(39)17-21)22-19-38(46)26-18-20-5-7-23(41)30-27(20)34(38,32(47-30)29(22)43)11-15-40(26)14-4-2/h3-8,22,25-26,32-33,41-42,44-46H,1-2,9-19H2/t22?,25-,26-,32+,33-,34+,35+,36?,37-,38-/m1/s1. The van der Waals surface area contributed by atoms with Crippen LogP contribution in [0.4, 0.5) is 0 Å². The van der Waals surface area contributed by atoms with Gasteiger partial charge in [0.25, 0.3) is 0 Å². The molecule has 2 saturated carbocycles. The van der Waals surface area contributed by atoms with Crippen LogP contribution in [0.2, 0.25) is 0 Å². The first-order valence-electron chi connectivity index (χ1n) is 17.4. The summed E-state index contributed by atoms with van der Waals surface area (Å²) in [4.78, 5) is 19.6. The topological polar surface area (TPSA) is 143 Å². The quantitative estimate of drug-likeness (QED) is 0.304. The van der Waals surface area contributed by atoms with Gasteiger partial charge in [-0.1, -0.05) is 24.3 Å². The summed E-state index contributed by atoms with van der Waals surface area (Å²) < 4.78 is 13.2. The fourth-order valence-corrected chi connectivity index (χ4v) is 12.7. The zero-order valence-electron chi connectivity index (χ0n) is 26.9. The summed E-state index contributed by atoms with van der Waals surface area (Å²) >= 11 is 0. The van der Waals surface area contributed by atoms with Crippen LogP contribution in [0.3, 0.4) is 0 Å². The van der Waals surface area contributed by atoms with Crippen molar-refractivity contribution in [2.24, 2.45) is 5.92 Å². The number of nitrogens with zero attached hydrogens (tertiary/aromatic N) is 2. The minimum Gasteiger partial charge on any atom is -0.504 e. The molecule has 2 aromatic rings. The molecule has 2 saturated heterocycles. The molecule has 10 atom stereocenters. The van der Waals surface area contributed by atoms with Crippen LogP contribution in [-0.4, -0.2) is 108 Å². The van der Waals surface area contributed by atoms with Crippen LogP contribution in [0.25, 0.3) is 0 Å². The fourth-order valence-electron chi connectivity index (χ4n) is 12.7. The van der Waals surface area contributed by atoms with Crippen LogP contribution in [-0.2, 0) is 28.5 Å². The van der Waals surface area contributed by atoms with Crippen molar-refractivity contribution in [1.82, 2.24) is 9.80 Å². The van der Waals surface area contributed by atoms with Gasteiger partial charge in [-0.15, -0.1) is 13.2 Å². The summed E-state index contributed by atoms with van der Waals surface area (Å²) in [6.45, 7) is 10.3. The van der Waals surface area contributed by atoms with E-state index in [1.807, 2.05) is 24.3 Å². The molecule has 4 aliphatic carbocycles. The van der Waals surface area contributed by atoms with E-state index in [2.05, 4.69) is 23.0 Å². The molecule has 48 heavy (non-hydrogen) atoms. The number of aromatic hydroxyl groups is 2. The van der Waals surface area contributed by atoms with Gasteiger partial charge in [-0.05, 0) is 74.8 Å². The molecule has 4 fully saturated rings. The van der Waals surface area contributed by atoms with Gasteiger partial charge in [-0.25, -0.2) is 0 Å². The Hall–Kier alpha value is -3.41. The SMILES string of the molecule is C=CCN1CC[C@]23c4c5ccc(O)c4O[C@H]2C(=O)C(C2(O)CC[C@@]4(O)[C@H]6Cc7ccc(O)c8c7[C@@]4(CCN6CC=C)[C@H]2O8)C[C@@]3(O)[C@H]1C5. The number of Topliss-reactive ketones (excluding diaryl/α,β-unsaturated/α-hetero) is 1. The highest BCUT2D eigenvalue weighted by Gasteiger charge is 2.81. The maximum atomic E-state index is 15.1. The Labute approximate surface area is 278 Å². The third-order valence-corrected chi connectivity index (χ3v) is 14.5. The summed E-state index contributed by atoms with van der Waals surface area (Å²) in [6.07, 6.45) is 3.74. The van der Waals surface area contributed by atoms with Gasteiger partial charge in [-0.3, -0.25) is 14.6 Å². The maximum absolute atomic E-state index is 15.1. The predicted octanol–water partition coefficient (Wildman–Crippen LogP) is 2.00. The van der Waals surface area contributed by atoms with Crippen molar-refractivity contribution in [3.05, 3.63) is 71.8 Å². The third-order valence-electron chi connectivity index (χ3n) is 14.5. The summed E-state index contributed by atoms with van der Waals surface area (Å²) in [6, 6.07) is 6.34. The van der Waals surface area contributed by atoms with Crippen LogP contribution < -0.4 is 9.47 Å². The number of carbonyl (C=O) groups excluding carboxylic acids is 1. The van der Waals surface area contributed by atoms with Crippen LogP contribution >= 0.6 is 0 Å². The Morgan fingerprint density at radius 1 is 0.771 bits per heavy atom. The van der Waals surface area contributed by atoms with Gasteiger partial charge in [0.2, 0.25) is 0 Å². The van der Waals surface area contributed by atoms with Crippen molar-refractivity contribution in [2.75, 3.05) is 26.2 Å². The summed E-state index contributed by atoms with van der Waals surface area (Å²) in [5.74, 6) is -0.997. The number of phenolic OH excluding ortho intramolecular Hbond substituents is 2. The van der Waals surface area contributed by atoms with E-state index >= 15 is 4.79 Å². The van der Waals surface area contributed by atoms with Crippen molar-refractivity contribution in [2.45, 2.75) is 96.9 Å². The molecule has 4 bridgehead atoms. The minimum absolute atomic E-state index is 0.0232. The molecule has 5 N–H and O–H groups in total. The summed E-state index contributed by atoms with van der Waals surface area (Å²) in [5, 5.41) is 61.6. The van der Waals surface area contributed by atoms with E-state index in [4.69, 9.17) is 9.47 Å². The van der Waals surface area contributed by atoms with Crippen LogP contribution in [0.15, 0.2) is 49.6 Å². The molecule has 2 unspecified atom stereocenters. The predicted molar refractivity (Wildman–Crippen MR) is 173 cm³/mol. The molecular weight excluding hydrogens is 612 g/mol. The number of ketones is 1. The average molecular weight is 655 g/mol. The number of hydrogen-bond acceptors (Lipinski definition) is 10. The van der Waals surface area contributed by atoms with E-state index in [1.165, 1.54) is 0 Å². The second-order valence-electron chi connectivity index (χ2n) is 15.8. The smallest absolute Gasteiger partial charge is 0.180 e. The first-order chi connectivity index (χ1) is 23.0. The number of ether oxygens (including phenoxy) is 2. The zero-order valence-corrected chi connectivity index (χ0v) is 26.9. The van der Waals surface area contributed by atoms with Gasteiger partial charge in [0.05, 0.1) is 27.9 Å². The molecule has 0 radical (unpaired) electrons. The van der Waals surface area contributed by atoms with Crippen molar-refractivity contribution in [1.29, 1.82) is 0 Å². The Balaban J connectivity index is 1.15. The van der Waals surface area contributed by atoms with Crippen LogP contribution in [0.5, 0.6) is 23.0 Å². The van der Waals surface area contributed by atoms with E-state index < -0.39 is 45.8 Å². The summed E-state index contributed by atoms with van der Waals surface area (Å²) in [7, 11) is 0. The molecule has 10 heteroatoms. The first-order valence-corrected chi connectivity index (χ1v) is 17.4. The van der Waals surface area contributed by atoms with E-state index in [-0.39, 0.29) is 60.1 Å². The van der Waals surface area contributed by atoms with Crippen molar-refractivity contribution in [3.8, 4) is 23.0 Å². The first kappa shape index (κ1) is 29.5. The lowest BCUT2D eigenvalue weighted by Gasteiger charge is -2.68. The van der Waals surface area contributed by atoms with Gasteiger partial charge < -0.3 is 35.0 Å². The zero-order chi connectivity index (χ0) is 33.2. The van der Waals surface area contributed by atoms with Crippen molar-refractivity contribution >= 4 is 5.78 Å². The second kappa shape index (κ2) is 9.03. The number of aliphatic hydroxyl groups is 3. The van der Waals surface area contributed by atoms with Crippen molar-refractivity contribution < 1.29 is 39.8 Å². The number of carbonyl (C=O) groups is 1. The largest absolute Gasteiger partial charge is 0.504 e. The highest BCUT2D eigenvalue weighted by atomic mass is 16.5. The number of phenols is 2. The Morgan fingerprint density at radius 3 is 1.96 bits per heavy atom. The molecule has 10 nitrogen and oxygen atoms in total. The van der Waals surface area contributed by atoms with Gasteiger partial charge in [-0.2, -0.15) is 0 Å². The number of hydrogen-bond donors (Lipinski definition) is 5. The van der Waals surface area contributed by atoms with E-state index in [9.17, 15) is 25.5 Å². The molecule has 8 aliphatic rings. The minimum atomic E-state index is -1.80. The van der Waals surface area contributed by atoms with E-state index in [1.54, 1.807) is 12.1 Å². The van der Waals surface area contributed by atoms with Crippen LogP contribution in [0, 0.1) is 5.92 Å². The number of likely N-dealkylation sites (tertiary alicyclic amines) is 2. The molecule has 0 amide bonds. The molecule has 2 spiro atoms. The lowest BCUT2D eigenvalue weighted by atomic mass is 9.42. The molecular formula is C38H42N2O8. The highest BCUT2D eigenvalue weighted by molar-refractivity contribution is 5.93. The Morgan fingerprint density at radius 2 is 1.33 bits per heavy atom. The molecule has 10 rings (SSSR count). The molecule has 2 aromatic carbocycles. The third kappa shape index (κ3) is 2.93. The molecule has 252 valence electrons. The van der Waals surface area contributed by atoms with E-state index in [0.29, 0.717) is 51.9 Å². The Kier molecular flexibility index (Phi) is 5.55. The van der Waals surface area contributed by atoms with Gasteiger partial charge in [0, 0.05) is 42.8 Å². The molecule has 0 aromatic heterocycles. The normalized spacial score (nSPS) is 44.3. The lowest BCUT2D eigenvalue weighted by molar-refractivity contribution is -0.261. The second-order valence-corrected chi connectivity index (χ2v) is 15.8.